The van der Waals surface area contributed by atoms with Crippen LogP contribution in [0.25, 0.3) is 0 Å². The fraction of sp³-hybridized carbons (Fsp3) is 0.457. The molecule has 0 saturated carbocycles. The molecule has 0 spiro atoms. The van der Waals surface area contributed by atoms with Crippen molar-refractivity contribution in [1.82, 2.24) is 9.97 Å². The maximum atomic E-state index is 14.2. The van der Waals surface area contributed by atoms with E-state index in [0.717, 1.165) is 24.3 Å². The summed E-state index contributed by atoms with van der Waals surface area (Å²) in [5, 5.41) is 19.1. The standard InChI is InChI=1S/C35H36F6N6O5/c1-4-25-15-29(27-14-23(34(36,37)38)5-6-28(27)47(25)32(50)52-20-33(2,3)30(48)49)46(19-22-11-21(16-42)12-24(13-22)35(39,40)41)31-43-17-26(18-44-31)45-7-9-51-10-8-45/h5-6,11-14,17-18,25,29H,4,7-10,15,19-20H2,1-3H3,(H,48,49)/t25-,29+/m1/s1. The van der Waals surface area contributed by atoms with Crippen LogP contribution < -0.4 is 14.7 Å². The minimum absolute atomic E-state index is 0.0118. The van der Waals surface area contributed by atoms with Gasteiger partial charge in [0, 0.05) is 25.7 Å². The number of aliphatic carboxylic acids is 1. The molecule has 1 saturated heterocycles. The second kappa shape index (κ2) is 14.9. The summed E-state index contributed by atoms with van der Waals surface area (Å²) >= 11 is 0. The Morgan fingerprint density at radius 3 is 2.25 bits per heavy atom. The lowest BCUT2D eigenvalue weighted by Gasteiger charge is -2.44. The minimum atomic E-state index is -4.80. The first-order valence-electron chi connectivity index (χ1n) is 16.4. The van der Waals surface area contributed by atoms with E-state index >= 15 is 0 Å². The monoisotopic (exact) mass is 734 g/mol. The van der Waals surface area contributed by atoms with Gasteiger partial charge in [-0.2, -0.15) is 31.6 Å². The molecule has 1 amide bonds. The number of aromatic nitrogens is 2. The number of carboxylic acid groups (broad SMARTS) is 1. The number of alkyl halides is 6. The molecular weight excluding hydrogens is 698 g/mol. The van der Waals surface area contributed by atoms with Gasteiger partial charge in [0.2, 0.25) is 5.95 Å². The van der Waals surface area contributed by atoms with Gasteiger partial charge in [-0.05, 0) is 74.2 Å². The number of benzene rings is 2. The predicted octanol–water partition coefficient (Wildman–Crippen LogP) is 7.21. The average molecular weight is 735 g/mol. The molecular formula is C35H36F6N6O5. The maximum absolute atomic E-state index is 14.2. The smallest absolute Gasteiger partial charge is 0.416 e. The number of ether oxygens (including phenoxy) is 2. The Morgan fingerprint density at radius 2 is 1.67 bits per heavy atom. The van der Waals surface area contributed by atoms with Crippen LogP contribution in [0.1, 0.15) is 67.5 Å². The Kier molecular flexibility index (Phi) is 10.9. The molecule has 0 radical (unpaired) electrons. The zero-order valence-electron chi connectivity index (χ0n) is 28.5. The van der Waals surface area contributed by atoms with Crippen LogP contribution in [0.5, 0.6) is 0 Å². The van der Waals surface area contributed by atoms with Crippen LogP contribution in [0.4, 0.5) is 48.5 Å². The SMILES string of the molecule is CC[C@@H]1C[C@H](N(Cc2cc(C#N)cc(C(F)(F)F)c2)c2ncc(N3CCOCC3)cn2)c2cc(C(F)(F)F)ccc2N1C(=O)OCC(C)(C)C(=O)O. The van der Waals surface area contributed by atoms with Crippen molar-refractivity contribution >= 4 is 29.4 Å². The van der Waals surface area contributed by atoms with Crippen LogP contribution in [-0.2, 0) is 33.2 Å². The van der Waals surface area contributed by atoms with E-state index in [4.69, 9.17) is 9.47 Å². The Hall–Kier alpha value is -5.11. The fourth-order valence-corrected chi connectivity index (χ4v) is 6.15. The summed E-state index contributed by atoms with van der Waals surface area (Å²) < 4.78 is 95.1. The van der Waals surface area contributed by atoms with E-state index in [0.29, 0.717) is 38.1 Å². The Balaban J connectivity index is 1.65. The van der Waals surface area contributed by atoms with Crippen LogP contribution in [0.2, 0.25) is 0 Å². The third kappa shape index (κ3) is 8.33. The number of halogens is 6. The highest BCUT2D eigenvalue weighted by atomic mass is 19.4. The van der Waals surface area contributed by atoms with E-state index in [1.807, 2.05) is 4.90 Å². The summed E-state index contributed by atoms with van der Waals surface area (Å²) in [5.74, 6) is -1.25. The molecule has 3 aromatic rings. The van der Waals surface area contributed by atoms with E-state index in [1.54, 1.807) is 13.0 Å². The number of amides is 1. The van der Waals surface area contributed by atoms with Gasteiger partial charge in [0.05, 0.1) is 71.2 Å². The molecule has 5 rings (SSSR count). The van der Waals surface area contributed by atoms with Gasteiger partial charge in [-0.25, -0.2) is 14.8 Å². The number of nitriles is 1. The van der Waals surface area contributed by atoms with Crippen LogP contribution in [0.15, 0.2) is 48.8 Å². The van der Waals surface area contributed by atoms with Crippen molar-refractivity contribution < 1.29 is 50.5 Å². The molecule has 0 bridgehead atoms. The zero-order chi connectivity index (χ0) is 38.0. The first-order chi connectivity index (χ1) is 24.4. The molecule has 0 aliphatic carbocycles. The van der Waals surface area contributed by atoms with Crippen molar-refractivity contribution in [3.05, 3.63) is 76.6 Å². The van der Waals surface area contributed by atoms with E-state index < -0.39 is 59.6 Å². The van der Waals surface area contributed by atoms with E-state index in [2.05, 4.69) is 9.97 Å². The lowest BCUT2D eigenvalue weighted by Crippen LogP contribution is -2.49. The number of nitrogens with zero attached hydrogens (tertiary/aromatic N) is 6. The quantitative estimate of drug-likeness (QED) is 0.225. The number of rotatable bonds is 9. The molecule has 0 unspecified atom stereocenters. The average Bonchev–Trinajstić information content (AvgIpc) is 3.11. The van der Waals surface area contributed by atoms with Crippen LogP contribution in [-0.4, -0.2) is 66.1 Å². The summed E-state index contributed by atoms with van der Waals surface area (Å²) in [6, 6.07) is 5.59. The number of anilines is 3. The zero-order valence-corrected chi connectivity index (χ0v) is 28.5. The lowest BCUT2D eigenvalue weighted by molar-refractivity contribution is -0.149. The Bertz CT molecular complexity index is 1820. The van der Waals surface area contributed by atoms with Gasteiger partial charge in [-0.1, -0.05) is 6.92 Å². The molecule has 278 valence electrons. The summed E-state index contributed by atoms with van der Waals surface area (Å²) in [7, 11) is 0. The number of carboxylic acids is 1. The molecule has 17 heteroatoms. The molecule has 3 heterocycles. The van der Waals surface area contributed by atoms with E-state index in [1.165, 1.54) is 42.1 Å². The maximum Gasteiger partial charge on any atom is 0.416 e. The Morgan fingerprint density at radius 1 is 1.02 bits per heavy atom. The first kappa shape index (κ1) is 38.1. The van der Waals surface area contributed by atoms with Gasteiger partial charge in [0.15, 0.2) is 0 Å². The second-order valence-corrected chi connectivity index (χ2v) is 13.2. The van der Waals surface area contributed by atoms with Gasteiger partial charge in [0.1, 0.15) is 6.61 Å². The van der Waals surface area contributed by atoms with Gasteiger partial charge in [-0.3, -0.25) is 9.69 Å². The number of morpholine rings is 1. The molecule has 1 aromatic heterocycles. The number of carbonyl (C=O) groups is 2. The van der Waals surface area contributed by atoms with Gasteiger partial charge in [0.25, 0.3) is 0 Å². The number of fused-ring (bicyclic) bond motifs is 1. The first-order valence-corrected chi connectivity index (χ1v) is 16.4. The van der Waals surface area contributed by atoms with Gasteiger partial charge < -0.3 is 24.4 Å². The highest BCUT2D eigenvalue weighted by Gasteiger charge is 2.43. The topological polar surface area (TPSA) is 132 Å². The predicted molar refractivity (Wildman–Crippen MR) is 176 cm³/mol. The van der Waals surface area contributed by atoms with Crippen molar-refractivity contribution in [3.63, 3.8) is 0 Å². The minimum Gasteiger partial charge on any atom is -0.481 e. The third-order valence-corrected chi connectivity index (χ3v) is 9.07. The fourth-order valence-electron chi connectivity index (χ4n) is 6.15. The number of carbonyl (C=O) groups excluding carboxylic acids is 1. The van der Waals surface area contributed by atoms with Crippen LogP contribution in [0, 0.1) is 16.7 Å². The second-order valence-electron chi connectivity index (χ2n) is 13.2. The number of hydrogen-bond acceptors (Lipinski definition) is 9. The third-order valence-electron chi connectivity index (χ3n) is 9.07. The van der Waals surface area contributed by atoms with E-state index in [9.17, 15) is 46.3 Å². The molecule has 2 aliphatic rings. The molecule has 1 fully saturated rings. The normalized spacial score (nSPS) is 18.0. The highest BCUT2D eigenvalue weighted by Crippen LogP contribution is 2.46. The van der Waals surface area contributed by atoms with Gasteiger partial charge in [-0.15, -0.1) is 0 Å². The van der Waals surface area contributed by atoms with Crippen molar-refractivity contribution in [1.29, 1.82) is 5.26 Å². The van der Waals surface area contributed by atoms with Crippen molar-refractivity contribution in [2.75, 3.05) is 47.6 Å². The molecule has 52 heavy (non-hydrogen) atoms. The van der Waals surface area contributed by atoms with Crippen LogP contribution in [0.3, 0.4) is 0 Å². The summed E-state index contributed by atoms with van der Waals surface area (Å²) in [4.78, 5) is 39.0. The van der Waals surface area contributed by atoms with Crippen molar-refractivity contribution in [3.8, 4) is 6.07 Å². The molecule has 2 atom stereocenters. The largest absolute Gasteiger partial charge is 0.481 e. The number of hydrogen-bond donors (Lipinski definition) is 1. The molecule has 11 nitrogen and oxygen atoms in total. The molecule has 2 aromatic carbocycles. The van der Waals surface area contributed by atoms with Crippen molar-refractivity contribution in [2.45, 2.75) is 64.6 Å². The van der Waals surface area contributed by atoms with Crippen molar-refractivity contribution in [2.24, 2.45) is 5.41 Å². The summed E-state index contributed by atoms with van der Waals surface area (Å²) in [6.45, 7) is 5.60. The lowest BCUT2D eigenvalue weighted by atomic mass is 9.87. The molecule has 2 aliphatic heterocycles. The summed E-state index contributed by atoms with van der Waals surface area (Å²) in [5.41, 5.74) is -3.20. The van der Waals surface area contributed by atoms with Gasteiger partial charge >= 0.3 is 24.4 Å². The highest BCUT2D eigenvalue weighted by molar-refractivity contribution is 5.91. The summed E-state index contributed by atoms with van der Waals surface area (Å²) in [6.07, 6.45) is -7.34. The van der Waals surface area contributed by atoms with Crippen LogP contribution >= 0.6 is 0 Å². The molecule has 1 N–H and O–H groups in total. The van der Waals surface area contributed by atoms with E-state index in [-0.39, 0.29) is 47.7 Å². The Labute approximate surface area is 295 Å².